The first-order valence-electron chi connectivity index (χ1n) is 13.8. The molecule has 0 saturated heterocycles. The number of fused-ring (bicyclic) bond motifs is 2. The molecule has 43 heavy (non-hydrogen) atoms. The number of nitrogens with one attached hydrogen (secondary N) is 2. The lowest BCUT2D eigenvalue weighted by atomic mass is 10.1. The van der Waals surface area contributed by atoms with Crippen molar-refractivity contribution in [3.63, 3.8) is 0 Å². The van der Waals surface area contributed by atoms with Gasteiger partial charge >= 0.3 is 0 Å². The van der Waals surface area contributed by atoms with Crippen LogP contribution in [0.1, 0.15) is 46.1 Å². The van der Waals surface area contributed by atoms with Crippen molar-refractivity contribution >= 4 is 39.2 Å². The second-order valence-electron chi connectivity index (χ2n) is 10.4. The van der Waals surface area contributed by atoms with Crippen molar-refractivity contribution in [3.8, 4) is 0 Å². The SMILES string of the molecule is Cc1ccc(Cc2nn3c(C4=CCOCC4)ncc3c(=O)[nH]2)cc1.Cc1ccc(Cc2nn3c(I)ncc3c(=O)[nH]2)cc1. The van der Waals surface area contributed by atoms with Gasteiger partial charge in [-0.25, -0.2) is 19.0 Å². The third kappa shape index (κ3) is 6.49. The van der Waals surface area contributed by atoms with Crippen LogP contribution in [-0.4, -0.2) is 52.4 Å². The molecule has 0 amide bonds. The molecule has 4 aromatic heterocycles. The molecule has 0 spiro atoms. The van der Waals surface area contributed by atoms with Crippen LogP contribution >= 0.6 is 22.6 Å². The van der Waals surface area contributed by atoms with Crippen molar-refractivity contribution in [1.82, 2.24) is 39.2 Å². The molecule has 0 aliphatic carbocycles. The van der Waals surface area contributed by atoms with Crippen LogP contribution in [0.3, 0.4) is 0 Å². The molecule has 12 heteroatoms. The number of halogens is 1. The number of ether oxygens (including phenoxy) is 1. The van der Waals surface area contributed by atoms with E-state index in [9.17, 15) is 9.59 Å². The van der Waals surface area contributed by atoms with Gasteiger partial charge in [0.25, 0.3) is 11.1 Å². The summed E-state index contributed by atoms with van der Waals surface area (Å²) in [5.74, 6) is 1.99. The molecule has 2 N–H and O–H groups in total. The summed E-state index contributed by atoms with van der Waals surface area (Å²) in [6, 6.07) is 16.4. The topological polar surface area (TPSA) is 135 Å². The summed E-state index contributed by atoms with van der Waals surface area (Å²) < 4.78 is 9.25. The van der Waals surface area contributed by atoms with Crippen molar-refractivity contribution in [2.24, 2.45) is 0 Å². The summed E-state index contributed by atoms with van der Waals surface area (Å²) in [7, 11) is 0. The van der Waals surface area contributed by atoms with E-state index in [4.69, 9.17) is 4.74 Å². The normalized spacial score (nSPS) is 13.1. The monoisotopic (exact) mass is 688 g/mol. The van der Waals surface area contributed by atoms with Gasteiger partial charge in [-0.15, -0.1) is 0 Å². The number of hydrogen-bond donors (Lipinski definition) is 2. The lowest BCUT2D eigenvalue weighted by Crippen LogP contribution is -2.17. The second kappa shape index (κ2) is 12.4. The zero-order valence-corrected chi connectivity index (χ0v) is 25.8. The first kappa shape index (κ1) is 28.7. The molecule has 5 heterocycles. The van der Waals surface area contributed by atoms with Gasteiger partial charge in [0.15, 0.2) is 20.7 Å². The maximum absolute atomic E-state index is 12.3. The van der Waals surface area contributed by atoms with E-state index in [1.165, 1.54) is 17.3 Å². The Morgan fingerprint density at radius 1 is 0.791 bits per heavy atom. The minimum Gasteiger partial charge on any atom is -0.377 e. The van der Waals surface area contributed by atoms with E-state index in [0.717, 1.165) is 28.9 Å². The van der Waals surface area contributed by atoms with Gasteiger partial charge in [-0.3, -0.25) is 9.59 Å². The molecule has 7 rings (SSSR count). The standard InChI is InChI=1S/C18H18N4O2.C13H11IN4O/c1-12-2-4-13(5-3-12)10-16-20-18(23)15-11-19-17(22(15)21-16)14-6-8-24-9-7-14;1-8-2-4-9(5-3-8)6-11-16-12(19)10-7-15-13(14)18(10)17-11/h2-6,11H,7-10H2,1H3,(H,20,21,23);2-5,7H,6H2,1H3,(H,16,17,19). The number of aryl methyl sites for hydroxylation is 2. The van der Waals surface area contributed by atoms with Gasteiger partial charge in [-0.05, 0) is 37.0 Å². The summed E-state index contributed by atoms with van der Waals surface area (Å²) in [5.41, 5.74) is 6.32. The van der Waals surface area contributed by atoms with Crippen LogP contribution in [0, 0.1) is 17.7 Å². The average Bonchev–Trinajstić information content (AvgIpc) is 3.61. The lowest BCUT2D eigenvalue weighted by Gasteiger charge is -2.12. The molecule has 0 atom stereocenters. The second-order valence-corrected chi connectivity index (χ2v) is 11.3. The molecular weight excluding hydrogens is 659 g/mol. The molecular formula is C31H29IN8O3. The maximum Gasteiger partial charge on any atom is 0.276 e. The highest BCUT2D eigenvalue weighted by atomic mass is 127. The van der Waals surface area contributed by atoms with Crippen LogP contribution in [0.4, 0.5) is 0 Å². The highest BCUT2D eigenvalue weighted by Gasteiger charge is 2.16. The highest BCUT2D eigenvalue weighted by Crippen LogP contribution is 2.20. The predicted molar refractivity (Wildman–Crippen MR) is 171 cm³/mol. The average molecular weight is 689 g/mol. The van der Waals surface area contributed by atoms with Gasteiger partial charge in [0.05, 0.1) is 25.6 Å². The molecule has 0 fully saturated rings. The maximum atomic E-state index is 12.3. The number of aromatic amines is 2. The number of imidazole rings is 2. The van der Waals surface area contributed by atoms with E-state index < -0.39 is 0 Å². The quantitative estimate of drug-likeness (QED) is 0.261. The van der Waals surface area contributed by atoms with Gasteiger partial charge in [-0.2, -0.15) is 10.2 Å². The Kier molecular flexibility index (Phi) is 8.29. The smallest absolute Gasteiger partial charge is 0.276 e. The minimum atomic E-state index is -0.168. The Balaban J connectivity index is 0.000000157. The van der Waals surface area contributed by atoms with E-state index in [0.29, 0.717) is 52.6 Å². The first-order valence-corrected chi connectivity index (χ1v) is 14.9. The summed E-state index contributed by atoms with van der Waals surface area (Å²) in [6.45, 7) is 5.34. The van der Waals surface area contributed by atoms with Crippen LogP contribution in [0.2, 0.25) is 0 Å². The van der Waals surface area contributed by atoms with Crippen LogP contribution < -0.4 is 11.1 Å². The molecule has 2 aromatic carbocycles. The number of nitrogens with zero attached hydrogens (tertiary/aromatic N) is 6. The molecule has 0 unspecified atom stereocenters. The van der Waals surface area contributed by atoms with E-state index in [1.807, 2.05) is 37.3 Å². The van der Waals surface area contributed by atoms with Gasteiger partial charge in [-0.1, -0.05) is 65.7 Å². The third-order valence-corrected chi connectivity index (χ3v) is 7.83. The van der Waals surface area contributed by atoms with Crippen molar-refractivity contribution < 1.29 is 4.74 Å². The fourth-order valence-corrected chi connectivity index (χ4v) is 5.27. The van der Waals surface area contributed by atoms with Gasteiger partial charge in [0.1, 0.15) is 11.6 Å². The molecule has 1 aliphatic heterocycles. The van der Waals surface area contributed by atoms with E-state index >= 15 is 0 Å². The van der Waals surface area contributed by atoms with Gasteiger partial charge < -0.3 is 14.7 Å². The zero-order chi connectivity index (χ0) is 29.9. The van der Waals surface area contributed by atoms with E-state index in [1.54, 1.807) is 15.2 Å². The van der Waals surface area contributed by atoms with E-state index in [-0.39, 0.29) is 11.1 Å². The largest absolute Gasteiger partial charge is 0.377 e. The number of hydrogen-bond acceptors (Lipinski definition) is 7. The molecule has 6 aromatic rings. The Morgan fingerprint density at radius 3 is 1.88 bits per heavy atom. The Bertz CT molecular complexity index is 2050. The minimum absolute atomic E-state index is 0.160. The molecule has 1 aliphatic rings. The molecule has 0 saturated carbocycles. The molecule has 11 nitrogen and oxygen atoms in total. The van der Waals surface area contributed by atoms with Gasteiger partial charge in [0.2, 0.25) is 0 Å². The van der Waals surface area contributed by atoms with Crippen LogP contribution in [-0.2, 0) is 17.6 Å². The number of aromatic nitrogens is 8. The Hall–Kier alpha value is -4.43. The van der Waals surface area contributed by atoms with Crippen LogP contribution in [0.15, 0.2) is 76.6 Å². The fourth-order valence-electron chi connectivity index (χ4n) is 4.76. The number of rotatable bonds is 5. The fraction of sp³-hybridized carbons (Fsp3) is 0.226. The molecule has 0 radical (unpaired) electrons. The number of benzene rings is 2. The summed E-state index contributed by atoms with van der Waals surface area (Å²) in [5, 5.41) is 9.01. The summed E-state index contributed by atoms with van der Waals surface area (Å²) in [4.78, 5) is 38.4. The van der Waals surface area contributed by atoms with Crippen molar-refractivity contribution in [3.05, 3.63) is 131 Å². The number of H-pyrrole nitrogens is 2. The van der Waals surface area contributed by atoms with Crippen molar-refractivity contribution in [2.75, 3.05) is 13.2 Å². The third-order valence-electron chi connectivity index (χ3n) is 7.09. The Labute approximate surface area is 259 Å². The predicted octanol–water partition coefficient (Wildman–Crippen LogP) is 4.04. The van der Waals surface area contributed by atoms with Crippen molar-refractivity contribution in [1.29, 1.82) is 0 Å². The van der Waals surface area contributed by atoms with Crippen LogP contribution in [0.5, 0.6) is 0 Å². The molecule has 218 valence electrons. The first-order chi connectivity index (χ1) is 20.8. The Morgan fingerprint density at radius 2 is 1.33 bits per heavy atom. The van der Waals surface area contributed by atoms with Crippen molar-refractivity contribution in [2.45, 2.75) is 33.1 Å². The highest BCUT2D eigenvalue weighted by molar-refractivity contribution is 14.1. The summed E-state index contributed by atoms with van der Waals surface area (Å²) >= 11 is 2.06. The zero-order valence-electron chi connectivity index (χ0n) is 23.7. The molecule has 0 bridgehead atoms. The van der Waals surface area contributed by atoms with Crippen LogP contribution in [0.25, 0.3) is 16.6 Å². The van der Waals surface area contributed by atoms with E-state index in [2.05, 4.69) is 83.9 Å². The lowest BCUT2D eigenvalue weighted by molar-refractivity contribution is 0.161. The van der Waals surface area contributed by atoms with Gasteiger partial charge in [0, 0.05) is 35.4 Å². The summed E-state index contributed by atoms with van der Waals surface area (Å²) in [6.07, 6.45) is 7.06.